The van der Waals surface area contributed by atoms with Crippen LogP contribution < -0.4 is 4.90 Å². The zero-order valence-corrected chi connectivity index (χ0v) is 39.3. The lowest BCUT2D eigenvalue weighted by atomic mass is 10.2. The first-order valence-electron chi connectivity index (χ1n) is 18.5. The third kappa shape index (κ3) is 21.7. The zero-order valence-electron chi connectivity index (χ0n) is 36.1. The number of fused-ring (bicyclic) bond motifs is 2. The molecule has 5 heterocycles. The Bertz CT molecular complexity index is 1950. The van der Waals surface area contributed by atoms with Crippen molar-refractivity contribution in [1.82, 2.24) is 39.8 Å². The number of anilines is 1. The van der Waals surface area contributed by atoms with Crippen LogP contribution in [0.2, 0.25) is 0 Å². The second-order valence-electron chi connectivity index (χ2n) is 15.3. The highest BCUT2D eigenvalue weighted by atomic mass is 79.9. The molecule has 0 fully saturated rings. The van der Waals surface area contributed by atoms with Gasteiger partial charge in [-0.05, 0) is 138 Å². The van der Waals surface area contributed by atoms with E-state index in [0.29, 0.717) is 5.65 Å². The molecule has 0 atom stereocenters. The molecule has 5 rings (SSSR count). The predicted molar refractivity (Wildman–Crippen MR) is 234 cm³/mol. The lowest BCUT2D eigenvalue weighted by Gasteiger charge is -2.20. The lowest BCUT2D eigenvalue weighted by molar-refractivity contribution is -0.0294. The number of hydrogen-bond donors (Lipinski definition) is 1. The standard InChI is InChI=1S/C11H12BrN3O2.C10H18O5.C7H10N2.C6H4BrN3.C6H15N/c1-11(2,3)17-10(16)15-9-7(5-14-15)4-8(12)6-13-9;1-9(2,3)14-7(11)13-8(12)15-10(4,5)6;1-9(2)7-3-5-8-6-4-7;7-5-1-4-2-9-10-6(4)8-3-5;1-4-7(5-2)6-3/h4-6H,1-3H3;1-6H3;3-6H,1-2H3;1-3H,(H,8,9,10);4-6H2,1-3H3. The van der Waals surface area contributed by atoms with E-state index in [2.05, 4.69) is 92.5 Å². The Morgan fingerprint density at radius 1 is 0.707 bits per heavy atom. The second kappa shape index (κ2) is 24.3. The third-order valence-corrected chi connectivity index (χ3v) is 7.53. The number of nitrogens with one attached hydrogen (secondary N) is 1. The molecule has 320 valence electrons. The Labute approximate surface area is 358 Å². The van der Waals surface area contributed by atoms with Gasteiger partial charge in [0.2, 0.25) is 0 Å². The van der Waals surface area contributed by atoms with Gasteiger partial charge >= 0.3 is 18.4 Å². The Balaban J connectivity index is 0.000000376. The highest BCUT2D eigenvalue weighted by Crippen LogP contribution is 2.18. The minimum absolute atomic E-state index is 0.488. The Morgan fingerprint density at radius 2 is 1.19 bits per heavy atom. The molecule has 16 nitrogen and oxygen atoms in total. The average molecular weight is 938 g/mol. The zero-order chi connectivity index (χ0) is 44.3. The van der Waals surface area contributed by atoms with Crippen LogP contribution in [0.4, 0.5) is 20.1 Å². The van der Waals surface area contributed by atoms with Gasteiger partial charge in [0, 0.05) is 64.3 Å². The van der Waals surface area contributed by atoms with Crippen LogP contribution >= 0.6 is 31.9 Å². The van der Waals surface area contributed by atoms with Crippen molar-refractivity contribution in [3.63, 3.8) is 0 Å². The molecule has 0 saturated heterocycles. The van der Waals surface area contributed by atoms with Crippen LogP contribution in [0, 0.1) is 0 Å². The van der Waals surface area contributed by atoms with Gasteiger partial charge in [0.15, 0.2) is 11.3 Å². The molecule has 1 N–H and O–H groups in total. The van der Waals surface area contributed by atoms with E-state index < -0.39 is 35.2 Å². The van der Waals surface area contributed by atoms with Gasteiger partial charge in [0.05, 0.1) is 12.4 Å². The molecular weight excluding hydrogens is 878 g/mol. The van der Waals surface area contributed by atoms with E-state index in [1.54, 1.807) is 99.5 Å². The topological polar surface area (TPSA) is 180 Å². The molecule has 0 saturated carbocycles. The molecule has 0 bridgehead atoms. The lowest BCUT2D eigenvalue weighted by Crippen LogP contribution is -2.29. The maximum Gasteiger partial charge on any atom is 0.519 e. The summed E-state index contributed by atoms with van der Waals surface area (Å²) >= 11 is 6.62. The van der Waals surface area contributed by atoms with E-state index in [0.717, 1.165) is 30.0 Å². The van der Waals surface area contributed by atoms with Gasteiger partial charge in [0.25, 0.3) is 0 Å². The van der Waals surface area contributed by atoms with Crippen LogP contribution in [0.3, 0.4) is 0 Å². The average Bonchev–Trinajstić information content (AvgIpc) is 3.75. The van der Waals surface area contributed by atoms with Crippen LogP contribution in [-0.4, -0.2) is 109 Å². The molecule has 0 unspecified atom stereocenters. The van der Waals surface area contributed by atoms with E-state index in [9.17, 15) is 14.4 Å². The maximum atomic E-state index is 11.8. The van der Waals surface area contributed by atoms with Crippen molar-refractivity contribution in [3.8, 4) is 0 Å². The minimum atomic E-state index is -1.06. The number of carbonyl (C=O) groups is 3. The molecule has 18 heteroatoms. The first-order chi connectivity index (χ1) is 26.9. The quantitative estimate of drug-likeness (QED) is 0.102. The highest BCUT2D eigenvalue weighted by molar-refractivity contribution is 9.10. The number of hydrogen-bond acceptors (Lipinski definition) is 14. The molecule has 0 aliphatic rings. The number of carbonyl (C=O) groups excluding carboxylic acids is 3. The van der Waals surface area contributed by atoms with Gasteiger partial charge < -0.3 is 28.7 Å². The fraction of sp³-hybridized carbons (Fsp3) is 0.500. The SMILES string of the molecule is Brc1cnc2[nH]ncc2c1.CC(C)(C)OC(=O)OC(=O)OC(C)(C)C.CC(C)(C)OC(=O)n1ncc2cc(Br)cnc21.CCN(CC)CC.CN(C)c1ccncc1. The smallest absolute Gasteiger partial charge is 0.442 e. The van der Waals surface area contributed by atoms with E-state index in [1.165, 1.54) is 25.3 Å². The summed E-state index contributed by atoms with van der Waals surface area (Å²) < 4.78 is 22.0. The van der Waals surface area contributed by atoms with E-state index >= 15 is 0 Å². The second-order valence-corrected chi connectivity index (χ2v) is 17.1. The molecule has 58 heavy (non-hydrogen) atoms. The molecule has 5 aromatic rings. The largest absolute Gasteiger partial charge is 0.519 e. The highest BCUT2D eigenvalue weighted by Gasteiger charge is 2.24. The van der Waals surface area contributed by atoms with Crippen molar-refractivity contribution < 1.29 is 33.3 Å². The summed E-state index contributed by atoms with van der Waals surface area (Å²) in [5.74, 6) is 0. The van der Waals surface area contributed by atoms with Crippen LogP contribution in [-0.2, 0) is 18.9 Å². The third-order valence-electron chi connectivity index (χ3n) is 6.67. The van der Waals surface area contributed by atoms with Gasteiger partial charge in [-0.15, -0.1) is 4.68 Å². The fourth-order valence-corrected chi connectivity index (χ4v) is 4.76. The summed E-state index contributed by atoms with van der Waals surface area (Å²) in [6.45, 7) is 25.6. The molecule has 0 amide bonds. The number of rotatable bonds is 4. The van der Waals surface area contributed by atoms with Crippen molar-refractivity contribution in [1.29, 1.82) is 0 Å². The molecule has 5 aromatic heterocycles. The number of halogens is 2. The van der Waals surface area contributed by atoms with Crippen molar-refractivity contribution in [2.75, 3.05) is 38.6 Å². The van der Waals surface area contributed by atoms with E-state index in [4.69, 9.17) is 14.2 Å². The van der Waals surface area contributed by atoms with Crippen molar-refractivity contribution in [2.45, 2.75) is 99.9 Å². The van der Waals surface area contributed by atoms with Crippen molar-refractivity contribution in [3.05, 3.63) is 70.4 Å². The van der Waals surface area contributed by atoms with Gasteiger partial charge in [-0.25, -0.2) is 24.4 Å². The Morgan fingerprint density at radius 3 is 1.62 bits per heavy atom. The molecule has 0 radical (unpaired) electrons. The first kappa shape index (κ1) is 51.3. The monoisotopic (exact) mass is 935 g/mol. The summed E-state index contributed by atoms with van der Waals surface area (Å²) in [6, 6.07) is 7.75. The maximum absolute atomic E-state index is 11.8. The molecular formula is C40H59Br2N9O7. The number of ether oxygens (including phenoxy) is 4. The number of nitrogens with zero attached hydrogens (tertiary/aromatic N) is 8. The fourth-order valence-electron chi connectivity index (χ4n) is 4.07. The van der Waals surface area contributed by atoms with Crippen LogP contribution in [0.1, 0.15) is 83.1 Å². The predicted octanol–water partition coefficient (Wildman–Crippen LogP) is 10.1. The minimum Gasteiger partial charge on any atom is -0.442 e. The van der Waals surface area contributed by atoms with Gasteiger partial charge in [-0.3, -0.25) is 10.1 Å². The number of H-pyrrole nitrogens is 1. The molecule has 0 spiro atoms. The first-order valence-corrected chi connectivity index (χ1v) is 20.1. The molecule has 0 aliphatic heterocycles. The Hall–Kier alpha value is -4.68. The normalized spacial score (nSPS) is 11.0. The van der Waals surface area contributed by atoms with Gasteiger partial charge in [0.1, 0.15) is 16.8 Å². The van der Waals surface area contributed by atoms with Crippen LogP contribution in [0.25, 0.3) is 22.1 Å². The van der Waals surface area contributed by atoms with Crippen LogP contribution in [0.15, 0.2) is 70.4 Å². The van der Waals surface area contributed by atoms with Gasteiger partial charge in [-0.2, -0.15) is 10.2 Å². The summed E-state index contributed by atoms with van der Waals surface area (Å²) in [7, 11) is 4.02. The summed E-state index contributed by atoms with van der Waals surface area (Å²) in [5, 5.41) is 12.4. The summed E-state index contributed by atoms with van der Waals surface area (Å²) in [6.07, 6.45) is 7.61. The van der Waals surface area contributed by atoms with E-state index in [1.807, 2.05) is 43.3 Å². The van der Waals surface area contributed by atoms with Crippen molar-refractivity contribution >= 4 is 78.0 Å². The van der Waals surface area contributed by atoms with Gasteiger partial charge in [-0.1, -0.05) is 20.8 Å². The summed E-state index contributed by atoms with van der Waals surface area (Å²) in [5.41, 5.74) is 0.554. The summed E-state index contributed by atoms with van der Waals surface area (Å²) in [4.78, 5) is 50.4. The van der Waals surface area contributed by atoms with Crippen LogP contribution in [0.5, 0.6) is 0 Å². The number of pyridine rings is 3. The molecule has 0 aliphatic carbocycles. The Kier molecular flexibility index (Phi) is 21.5. The van der Waals surface area contributed by atoms with Crippen molar-refractivity contribution in [2.24, 2.45) is 0 Å². The molecule has 0 aromatic carbocycles. The number of aromatic amines is 1. The number of aromatic nitrogens is 7. The van der Waals surface area contributed by atoms with E-state index in [-0.39, 0.29) is 0 Å².